The first-order chi connectivity index (χ1) is 6.20. The van der Waals surface area contributed by atoms with E-state index in [9.17, 15) is 0 Å². The average Bonchev–Trinajstić information content (AvgIpc) is 2.11. The Morgan fingerprint density at radius 1 is 1.31 bits per heavy atom. The fourth-order valence-electron chi connectivity index (χ4n) is 1.88. The molecule has 1 heterocycles. The minimum absolute atomic E-state index is 0.0397. The van der Waals surface area contributed by atoms with Gasteiger partial charge in [0.25, 0.3) is 0 Å². The van der Waals surface area contributed by atoms with E-state index in [1.54, 1.807) is 0 Å². The van der Waals surface area contributed by atoms with Gasteiger partial charge in [-0.25, -0.2) is 10.0 Å². The molecule has 1 saturated heterocycles. The molecule has 78 valence electrons. The average molecular weight is 203 g/mol. The number of rotatable bonds is 3. The van der Waals surface area contributed by atoms with Gasteiger partial charge in [-0.2, -0.15) is 4.89 Å². The molecule has 0 amide bonds. The van der Waals surface area contributed by atoms with Gasteiger partial charge in [-0.3, -0.25) is 0 Å². The van der Waals surface area contributed by atoms with E-state index in [0.29, 0.717) is 0 Å². The number of hydrogen-bond donors (Lipinski definition) is 0. The minimum atomic E-state index is 0.0397. The molecule has 3 nitrogen and oxygen atoms in total. The highest BCUT2D eigenvalue weighted by molar-refractivity contribution is 7.54. The number of hydrazine groups is 2. The quantitative estimate of drug-likeness (QED) is 0.648. The molecule has 1 aliphatic heterocycles. The highest BCUT2D eigenvalue weighted by Crippen LogP contribution is 2.41. The van der Waals surface area contributed by atoms with Crippen molar-refractivity contribution in [3.63, 3.8) is 0 Å². The van der Waals surface area contributed by atoms with E-state index in [4.69, 9.17) is 0 Å². The highest BCUT2D eigenvalue weighted by Gasteiger charge is 2.26. The Morgan fingerprint density at radius 2 is 1.92 bits per heavy atom. The van der Waals surface area contributed by atoms with E-state index in [0.717, 1.165) is 13.1 Å². The van der Waals surface area contributed by atoms with Crippen molar-refractivity contribution in [3.8, 4) is 0 Å². The van der Waals surface area contributed by atoms with Gasteiger partial charge in [0.05, 0.1) is 0 Å². The van der Waals surface area contributed by atoms with Crippen molar-refractivity contribution in [2.24, 2.45) is 0 Å². The van der Waals surface area contributed by atoms with Crippen molar-refractivity contribution in [2.75, 3.05) is 39.5 Å². The lowest BCUT2D eigenvalue weighted by Gasteiger charge is -2.46. The van der Waals surface area contributed by atoms with E-state index in [-0.39, 0.29) is 8.07 Å². The Kier molecular flexibility index (Phi) is 4.60. The van der Waals surface area contributed by atoms with Gasteiger partial charge in [-0.1, -0.05) is 13.8 Å². The standard InChI is InChI=1S/C9H22N3P/c1-5-11(6-2)12-10(3)8-7-9-13(12)4/h5-9H2,1-4H3. The van der Waals surface area contributed by atoms with Crippen LogP contribution in [0.3, 0.4) is 0 Å². The molecule has 0 bridgehead atoms. The second-order valence-electron chi connectivity index (χ2n) is 3.52. The molecule has 0 spiro atoms. The van der Waals surface area contributed by atoms with E-state index in [1.807, 2.05) is 0 Å². The largest absolute Gasteiger partial charge is 0.227 e. The van der Waals surface area contributed by atoms with E-state index < -0.39 is 0 Å². The van der Waals surface area contributed by atoms with Gasteiger partial charge in [0.15, 0.2) is 0 Å². The summed E-state index contributed by atoms with van der Waals surface area (Å²) in [7, 11) is 2.24. The van der Waals surface area contributed by atoms with Crippen LogP contribution >= 0.6 is 8.07 Å². The maximum atomic E-state index is 2.48. The van der Waals surface area contributed by atoms with E-state index >= 15 is 0 Å². The molecule has 0 aromatic rings. The molecule has 4 heteroatoms. The fraction of sp³-hybridized carbons (Fsp3) is 1.00. The van der Waals surface area contributed by atoms with Crippen LogP contribution in [-0.4, -0.2) is 54.4 Å². The molecule has 0 saturated carbocycles. The van der Waals surface area contributed by atoms with Crippen LogP contribution in [0.15, 0.2) is 0 Å². The van der Waals surface area contributed by atoms with Crippen molar-refractivity contribution < 1.29 is 0 Å². The lowest BCUT2D eigenvalue weighted by atomic mass is 10.5. The number of nitrogens with zero attached hydrogens (tertiary/aromatic N) is 3. The molecule has 0 aromatic heterocycles. The Bertz CT molecular complexity index is 140. The van der Waals surface area contributed by atoms with Gasteiger partial charge in [-0.05, 0) is 27.3 Å². The van der Waals surface area contributed by atoms with Crippen molar-refractivity contribution in [2.45, 2.75) is 20.3 Å². The van der Waals surface area contributed by atoms with E-state index in [2.05, 4.69) is 42.5 Å². The van der Waals surface area contributed by atoms with Gasteiger partial charge in [-0.15, -0.1) is 0 Å². The van der Waals surface area contributed by atoms with Crippen LogP contribution in [0.25, 0.3) is 0 Å². The molecule has 0 radical (unpaired) electrons. The molecular formula is C9H22N3P. The molecule has 1 fully saturated rings. The molecule has 1 rings (SSSR count). The summed E-state index contributed by atoms with van der Waals surface area (Å²) in [6, 6.07) is 0. The van der Waals surface area contributed by atoms with Gasteiger partial charge in [0.1, 0.15) is 0 Å². The predicted molar refractivity (Wildman–Crippen MR) is 59.7 cm³/mol. The predicted octanol–water partition coefficient (Wildman–Crippen LogP) is 1.82. The van der Waals surface area contributed by atoms with Crippen molar-refractivity contribution in [1.82, 2.24) is 14.9 Å². The van der Waals surface area contributed by atoms with Crippen LogP contribution in [0.5, 0.6) is 0 Å². The second-order valence-corrected chi connectivity index (χ2v) is 5.64. The van der Waals surface area contributed by atoms with Crippen LogP contribution in [0.2, 0.25) is 0 Å². The summed E-state index contributed by atoms with van der Waals surface area (Å²) >= 11 is 0. The molecule has 1 aliphatic rings. The van der Waals surface area contributed by atoms with Crippen LogP contribution in [-0.2, 0) is 0 Å². The van der Waals surface area contributed by atoms with Crippen LogP contribution in [0, 0.1) is 0 Å². The van der Waals surface area contributed by atoms with Crippen LogP contribution < -0.4 is 0 Å². The van der Waals surface area contributed by atoms with Gasteiger partial charge in [0, 0.05) is 26.7 Å². The molecule has 0 aliphatic carbocycles. The van der Waals surface area contributed by atoms with Crippen molar-refractivity contribution in [1.29, 1.82) is 0 Å². The van der Waals surface area contributed by atoms with Crippen molar-refractivity contribution in [3.05, 3.63) is 0 Å². The Balaban J connectivity index is 2.60. The summed E-state index contributed by atoms with van der Waals surface area (Å²) in [5.74, 6) is 0. The minimum Gasteiger partial charge on any atom is -0.227 e. The second kappa shape index (κ2) is 5.26. The Morgan fingerprint density at radius 3 is 2.38 bits per heavy atom. The fourth-order valence-corrected chi connectivity index (χ4v) is 3.95. The third-order valence-electron chi connectivity index (χ3n) is 2.56. The third kappa shape index (κ3) is 2.63. The van der Waals surface area contributed by atoms with Crippen LogP contribution in [0.1, 0.15) is 20.3 Å². The summed E-state index contributed by atoms with van der Waals surface area (Å²) in [5, 5.41) is 4.81. The Labute approximate surface area is 83.4 Å². The first kappa shape index (κ1) is 11.4. The zero-order chi connectivity index (χ0) is 9.84. The summed E-state index contributed by atoms with van der Waals surface area (Å²) in [5.41, 5.74) is 0. The maximum Gasteiger partial charge on any atom is 0.0150 e. The summed E-state index contributed by atoms with van der Waals surface area (Å²) in [4.78, 5) is 2.48. The molecule has 0 N–H and O–H groups in total. The monoisotopic (exact) mass is 203 g/mol. The first-order valence-electron chi connectivity index (χ1n) is 5.17. The third-order valence-corrected chi connectivity index (χ3v) is 4.69. The zero-order valence-electron chi connectivity index (χ0n) is 9.32. The Hall–Kier alpha value is 0.310. The highest BCUT2D eigenvalue weighted by atomic mass is 31.1. The molecule has 0 aromatic carbocycles. The first-order valence-corrected chi connectivity index (χ1v) is 7.10. The topological polar surface area (TPSA) is 9.72 Å². The van der Waals surface area contributed by atoms with Gasteiger partial charge < -0.3 is 0 Å². The van der Waals surface area contributed by atoms with E-state index in [1.165, 1.54) is 19.1 Å². The lowest BCUT2D eigenvalue weighted by molar-refractivity contribution is -0.0916. The SMILES string of the molecule is CCN(CC)N1N(C)CCCP1C. The maximum absolute atomic E-state index is 2.48. The molecule has 1 atom stereocenters. The summed E-state index contributed by atoms with van der Waals surface area (Å²) in [6.07, 6.45) is 2.74. The summed E-state index contributed by atoms with van der Waals surface area (Å²) < 4.78 is 0. The zero-order valence-corrected chi connectivity index (χ0v) is 10.2. The molecule has 13 heavy (non-hydrogen) atoms. The van der Waals surface area contributed by atoms with Crippen molar-refractivity contribution >= 4 is 8.07 Å². The van der Waals surface area contributed by atoms with Gasteiger partial charge in [0.2, 0.25) is 0 Å². The number of hydrogen-bond acceptors (Lipinski definition) is 3. The lowest BCUT2D eigenvalue weighted by Crippen LogP contribution is -2.51. The van der Waals surface area contributed by atoms with Gasteiger partial charge >= 0.3 is 0 Å². The molecular weight excluding hydrogens is 181 g/mol. The normalized spacial score (nSPS) is 27.0. The summed E-state index contributed by atoms with van der Waals surface area (Å²) in [6.45, 7) is 10.3. The smallest absolute Gasteiger partial charge is 0.0150 e. The van der Waals surface area contributed by atoms with Crippen LogP contribution in [0.4, 0.5) is 0 Å². The molecule has 1 unspecified atom stereocenters.